The Morgan fingerprint density at radius 1 is 1.10 bits per heavy atom. The molecule has 2 rings (SSSR count). The van der Waals surface area contributed by atoms with Crippen LogP contribution in [0.5, 0.6) is 5.75 Å². The van der Waals surface area contributed by atoms with Crippen molar-refractivity contribution in [2.45, 2.75) is 39.8 Å². The maximum atomic E-state index is 5.37. The lowest BCUT2D eigenvalue weighted by Crippen LogP contribution is -2.22. The Labute approximate surface area is 128 Å². The van der Waals surface area contributed by atoms with E-state index in [1.807, 2.05) is 6.07 Å². The second-order valence-electron chi connectivity index (χ2n) is 5.61. The highest BCUT2D eigenvalue weighted by atomic mass is 16.5. The van der Waals surface area contributed by atoms with Gasteiger partial charge in [-0.1, -0.05) is 51.1 Å². The van der Waals surface area contributed by atoms with Crippen molar-refractivity contribution in [1.82, 2.24) is 5.32 Å². The Morgan fingerprint density at radius 2 is 1.90 bits per heavy atom. The first-order chi connectivity index (χ1) is 10.1. The lowest BCUT2D eigenvalue weighted by molar-refractivity contribution is 0.414. The van der Waals surface area contributed by atoms with Crippen LogP contribution in [-0.4, -0.2) is 13.2 Å². The topological polar surface area (TPSA) is 21.3 Å². The third-order valence-electron chi connectivity index (χ3n) is 3.66. The summed E-state index contributed by atoms with van der Waals surface area (Å²) in [5.74, 6) is 0.908. The molecule has 0 aromatic heterocycles. The van der Waals surface area contributed by atoms with E-state index in [1.165, 1.54) is 22.3 Å². The molecular formula is C19H25NO. The van der Waals surface area contributed by atoms with Gasteiger partial charge in [0.1, 0.15) is 5.75 Å². The van der Waals surface area contributed by atoms with Crippen LogP contribution in [-0.2, 0) is 13.0 Å². The summed E-state index contributed by atoms with van der Waals surface area (Å²) in [5.41, 5.74) is 5.19. The molecule has 0 aliphatic rings. The van der Waals surface area contributed by atoms with Crippen molar-refractivity contribution in [3.63, 3.8) is 0 Å². The predicted octanol–water partition coefficient (Wildman–Crippen LogP) is 4.42. The molecule has 0 amide bonds. The Balaban J connectivity index is 2.40. The number of hydrogen-bond donors (Lipinski definition) is 1. The average molecular weight is 283 g/mol. The van der Waals surface area contributed by atoms with E-state index in [9.17, 15) is 0 Å². The smallest absolute Gasteiger partial charge is 0.119 e. The number of aryl methyl sites for hydroxylation is 1. The maximum Gasteiger partial charge on any atom is 0.119 e. The van der Waals surface area contributed by atoms with Crippen molar-refractivity contribution in [2.24, 2.45) is 0 Å². The van der Waals surface area contributed by atoms with Gasteiger partial charge >= 0.3 is 0 Å². The van der Waals surface area contributed by atoms with E-state index in [0.717, 1.165) is 18.7 Å². The van der Waals surface area contributed by atoms with E-state index in [1.54, 1.807) is 7.11 Å². The second-order valence-corrected chi connectivity index (χ2v) is 5.61. The predicted molar refractivity (Wildman–Crippen MR) is 89.8 cm³/mol. The standard InChI is InChI=1S/C19H25NO/c1-5-15-7-6-8-16(11-15)19-10-9-18(21-4)12-17(19)13-20-14(2)3/h6-12,14,20H,5,13H2,1-4H3. The van der Waals surface area contributed by atoms with E-state index >= 15 is 0 Å². The molecule has 1 N–H and O–H groups in total. The van der Waals surface area contributed by atoms with Gasteiger partial charge in [0, 0.05) is 12.6 Å². The van der Waals surface area contributed by atoms with Crippen LogP contribution in [0.3, 0.4) is 0 Å². The zero-order valence-electron chi connectivity index (χ0n) is 13.4. The zero-order valence-corrected chi connectivity index (χ0v) is 13.4. The number of hydrogen-bond acceptors (Lipinski definition) is 2. The third kappa shape index (κ3) is 4.08. The molecule has 0 bridgehead atoms. The highest BCUT2D eigenvalue weighted by Crippen LogP contribution is 2.28. The molecule has 0 saturated heterocycles. The summed E-state index contributed by atoms with van der Waals surface area (Å²) in [6, 6.07) is 15.6. The maximum absolute atomic E-state index is 5.37. The van der Waals surface area contributed by atoms with Crippen molar-refractivity contribution >= 4 is 0 Å². The lowest BCUT2D eigenvalue weighted by atomic mass is 9.97. The van der Waals surface area contributed by atoms with Crippen molar-refractivity contribution in [3.05, 3.63) is 53.6 Å². The van der Waals surface area contributed by atoms with E-state index in [-0.39, 0.29) is 0 Å². The van der Waals surface area contributed by atoms with Crippen LogP contribution in [0.15, 0.2) is 42.5 Å². The average Bonchev–Trinajstić information content (AvgIpc) is 2.52. The number of methoxy groups -OCH3 is 1. The van der Waals surface area contributed by atoms with Crippen LogP contribution < -0.4 is 10.1 Å². The van der Waals surface area contributed by atoms with E-state index in [0.29, 0.717) is 6.04 Å². The first kappa shape index (κ1) is 15.6. The molecule has 0 aliphatic heterocycles. The van der Waals surface area contributed by atoms with Gasteiger partial charge in [0.05, 0.1) is 7.11 Å². The molecule has 0 fully saturated rings. The fourth-order valence-electron chi connectivity index (χ4n) is 2.40. The van der Waals surface area contributed by atoms with E-state index < -0.39 is 0 Å². The minimum absolute atomic E-state index is 0.464. The molecule has 0 heterocycles. The highest BCUT2D eigenvalue weighted by Gasteiger charge is 2.08. The second kappa shape index (κ2) is 7.28. The molecule has 0 saturated carbocycles. The van der Waals surface area contributed by atoms with Crippen molar-refractivity contribution < 1.29 is 4.74 Å². The monoisotopic (exact) mass is 283 g/mol. The van der Waals surface area contributed by atoms with Crippen LogP contribution in [0.2, 0.25) is 0 Å². The molecular weight excluding hydrogens is 258 g/mol. The quantitative estimate of drug-likeness (QED) is 0.847. The van der Waals surface area contributed by atoms with Crippen LogP contribution >= 0.6 is 0 Å². The molecule has 2 aromatic carbocycles. The van der Waals surface area contributed by atoms with Crippen LogP contribution in [0.25, 0.3) is 11.1 Å². The summed E-state index contributed by atoms with van der Waals surface area (Å²) >= 11 is 0. The minimum Gasteiger partial charge on any atom is -0.497 e. The lowest BCUT2D eigenvalue weighted by Gasteiger charge is -2.15. The van der Waals surface area contributed by atoms with Gasteiger partial charge in [-0.05, 0) is 40.8 Å². The summed E-state index contributed by atoms with van der Waals surface area (Å²) in [5, 5.41) is 3.50. The molecule has 0 atom stereocenters. The van der Waals surface area contributed by atoms with Crippen molar-refractivity contribution in [3.8, 4) is 16.9 Å². The fourth-order valence-corrected chi connectivity index (χ4v) is 2.40. The summed E-state index contributed by atoms with van der Waals surface area (Å²) < 4.78 is 5.37. The molecule has 0 aliphatic carbocycles. The Bertz CT molecular complexity index is 590. The van der Waals surface area contributed by atoms with Gasteiger partial charge in [0.2, 0.25) is 0 Å². The normalized spacial score (nSPS) is 10.9. The molecule has 0 spiro atoms. The van der Waals surface area contributed by atoms with Gasteiger partial charge < -0.3 is 10.1 Å². The SMILES string of the molecule is CCc1cccc(-c2ccc(OC)cc2CNC(C)C)c1. The van der Waals surface area contributed by atoms with Gasteiger partial charge in [0.15, 0.2) is 0 Å². The Hall–Kier alpha value is -1.80. The first-order valence-corrected chi connectivity index (χ1v) is 7.63. The molecule has 2 heteroatoms. The van der Waals surface area contributed by atoms with Gasteiger partial charge in [-0.15, -0.1) is 0 Å². The number of benzene rings is 2. The van der Waals surface area contributed by atoms with Gasteiger partial charge in [-0.3, -0.25) is 0 Å². The van der Waals surface area contributed by atoms with Crippen LogP contribution in [0.4, 0.5) is 0 Å². The summed E-state index contributed by atoms with van der Waals surface area (Å²) in [6.07, 6.45) is 1.06. The fraction of sp³-hybridized carbons (Fsp3) is 0.368. The zero-order chi connectivity index (χ0) is 15.2. The van der Waals surface area contributed by atoms with Crippen LogP contribution in [0.1, 0.15) is 31.9 Å². The van der Waals surface area contributed by atoms with E-state index in [4.69, 9.17) is 4.74 Å². The molecule has 0 unspecified atom stereocenters. The largest absolute Gasteiger partial charge is 0.497 e. The summed E-state index contributed by atoms with van der Waals surface area (Å²) in [6.45, 7) is 7.37. The Morgan fingerprint density at radius 3 is 2.57 bits per heavy atom. The number of nitrogens with one attached hydrogen (secondary N) is 1. The number of rotatable bonds is 6. The van der Waals surface area contributed by atoms with Crippen LogP contribution in [0, 0.1) is 0 Å². The van der Waals surface area contributed by atoms with Gasteiger partial charge in [0.25, 0.3) is 0 Å². The molecule has 21 heavy (non-hydrogen) atoms. The van der Waals surface area contributed by atoms with Gasteiger partial charge in [-0.25, -0.2) is 0 Å². The minimum atomic E-state index is 0.464. The highest BCUT2D eigenvalue weighted by molar-refractivity contribution is 5.69. The first-order valence-electron chi connectivity index (χ1n) is 7.63. The molecule has 0 radical (unpaired) electrons. The molecule has 112 valence electrons. The molecule has 2 nitrogen and oxygen atoms in total. The Kier molecular flexibility index (Phi) is 5.40. The summed E-state index contributed by atoms with van der Waals surface area (Å²) in [4.78, 5) is 0. The van der Waals surface area contributed by atoms with Crippen molar-refractivity contribution in [2.75, 3.05) is 7.11 Å². The van der Waals surface area contributed by atoms with Gasteiger partial charge in [-0.2, -0.15) is 0 Å². The molecule has 2 aromatic rings. The van der Waals surface area contributed by atoms with E-state index in [2.05, 4.69) is 62.5 Å². The summed E-state index contributed by atoms with van der Waals surface area (Å²) in [7, 11) is 1.71. The third-order valence-corrected chi connectivity index (χ3v) is 3.66. The number of ether oxygens (including phenoxy) is 1. The van der Waals surface area contributed by atoms with Crippen molar-refractivity contribution in [1.29, 1.82) is 0 Å².